The molecule has 0 amide bonds. The molecule has 1 aromatic carbocycles. The number of rotatable bonds is 5. The second kappa shape index (κ2) is 6.05. The number of likely N-dealkylation sites (N-methyl/N-ethyl adjacent to an activating group) is 1. The predicted octanol–water partition coefficient (Wildman–Crippen LogP) is 1.74. The van der Waals surface area contributed by atoms with Crippen molar-refractivity contribution >= 4 is 0 Å². The highest BCUT2D eigenvalue weighted by atomic mass is 16.5. The summed E-state index contributed by atoms with van der Waals surface area (Å²) in [5.74, 6) is 0.871. The van der Waals surface area contributed by atoms with Crippen LogP contribution in [0.4, 0.5) is 0 Å². The van der Waals surface area contributed by atoms with Crippen molar-refractivity contribution in [3.63, 3.8) is 0 Å². The molecular formula is C12H16N2O. The summed E-state index contributed by atoms with van der Waals surface area (Å²) in [6, 6.07) is 9.77. The van der Waals surface area contributed by atoms with E-state index < -0.39 is 0 Å². The molecule has 1 atom stereocenters. The van der Waals surface area contributed by atoms with Gasteiger partial charge in [0.2, 0.25) is 0 Å². The molecule has 1 N–H and O–H groups in total. The van der Waals surface area contributed by atoms with Gasteiger partial charge in [-0.25, -0.2) is 0 Å². The Kier molecular flexibility index (Phi) is 4.65. The van der Waals surface area contributed by atoms with Crippen molar-refractivity contribution < 1.29 is 4.74 Å². The van der Waals surface area contributed by atoms with E-state index in [9.17, 15) is 0 Å². The smallest absolute Gasteiger partial charge is 0.129 e. The maximum atomic E-state index is 8.74. The SMILES string of the molecule is CCc1ccccc1OCC(C#N)NC. The van der Waals surface area contributed by atoms with Gasteiger partial charge in [0.15, 0.2) is 0 Å². The van der Waals surface area contributed by atoms with E-state index in [1.165, 1.54) is 5.56 Å². The highest BCUT2D eigenvalue weighted by Gasteiger charge is 2.06. The van der Waals surface area contributed by atoms with E-state index >= 15 is 0 Å². The largest absolute Gasteiger partial charge is 0.491 e. The van der Waals surface area contributed by atoms with Gasteiger partial charge in [0, 0.05) is 0 Å². The van der Waals surface area contributed by atoms with E-state index in [1.54, 1.807) is 7.05 Å². The molecule has 1 rings (SSSR count). The lowest BCUT2D eigenvalue weighted by Crippen LogP contribution is -2.30. The van der Waals surface area contributed by atoms with E-state index in [0.717, 1.165) is 12.2 Å². The summed E-state index contributed by atoms with van der Waals surface area (Å²) in [6.45, 7) is 2.46. The molecule has 1 unspecified atom stereocenters. The Hall–Kier alpha value is -1.53. The maximum Gasteiger partial charge on any atom is 0.129 e. The molecule has 0 saturated carbocycles. The average molecular weight is 204 g/mol. The van der Waals surface area contributed by atoms with Crippen molar-refractivity contribution in [2.45, 2.75) is 19.4 Å². The lowest BCUT2D eigenvalue weighted by Gasteiger charge is -2.12. The zero-order valence-electron chi connectivity index (χ0n) is 9.16. The standard InChI is InChI=1S/C12H16N2O/c1-3-10-6-4-5-7-12(10)15-9-11(8-13)14-2/h4-7,11,14H,3,9H2,1-2H3. The van der Waals surface area contributed by atoms with Gasteiger partial charge in [-0.05, 0) is 25.1 Å². The van der Waals surface area contributed by atoms with Crippen molar-refractivity contribution in [1.82, 2.24) is 5.32 Å². The minimum Gasteiger partial charge on any atom is -0.491 e. The highest BCUT2D eigenvalue weighted by Crippen LogP contribution is 2.18. The molecule has 0 heterocycles. The van der Waals surface area contributed by atoms with Crippen LogP contribution in [0.3, 0.4) is 0 Å². The Balaban J connectivity index is 2.61. The molecule has 0 saturated heterocycles. The molecule has 0 fully saturated rings. The Bertz CT molecular complexity index is 344. The van der Waals surface area contributed by atoms with Gasteiger partial charge in [-0.3, -0.25) is 0 Å². The van der Waals surface area contributed by atoms with Gasteiger partial charge in [-0.1, -0.05) is 25.1 Å². The number of benzene rings is 1. The fourth-order valence-electron chi connectivity index (χ4n) is 1.29. The lowest BCUT2D eigenvalue weighted by atomic mass is 10.1. The summed E-state index contributed by atoms with van der Waals surface area (Å²) in [5, 5.41) is 11.6. The average Bonchev–Trinajstić information content (AvgIpc) is 2.31. The molecule has 1 aromatic rings. The van der Waals surface area contributed by atoms with Gasteiger partial charge in [-0.2, -0.15) is 5.26 Å². The second-order valence-corrected chi connectivity index (χ2v) is 3.24. The van der Waals surface area contributed by atoms with Gasteiger partial charge in [0.1, 0.15) is 18.4 Å². The molecule has 0 spiro atoms. The summed E-state index contributed by atoms with van der Waals surface area (Å²) in [7, 11) is 1.75. The van der Waals surface area contributed by atoms with E-state index in [4.69, 9.17) is 10.00 Å². The van der Waals surface area contributed by atoms with E-state index in [0.29, 0.717) is 6.61 Å². The first-order valence-electron chi connectivity index (χ1n) is 5.09. The van der Waals surface area contributed by atoms with Crippen LogP contribution in [-0.2, 0) is 6.42 Å². The first kappa shape index (κ1) is 11.5. The molecule has 80 valence electrons. The normalized spacial score (nSPS) is 11.8. The van der Waals surface area contributed by atoms with Crippen LogP contribution in [-0.4, -0.2) is 19.7 Å². The monoisotopic (exact) mass is 204 g/mol. The van der Waals surface area contributed by atoms with Crippen molar-refractivity contribution in [3.05, 3.63) is 29.8 Å². The Labute approximate surface area is 90.7 Å². The van der Waals surface area contributed by atoms with Crippen LogP contribution in [0, 0.1) is 11.3 Å². The first-order chi connectivity index (χ1) is 7.31. The summed E-state index contributed by atoms with van der Waals surface area (Å²) in [5.41, 5.74) is 1.17. The zero-order chi connectivity index (χ0) is 11.1. The zero-order valence-corrected chi connectivity index (χ0v) is 9.16. The molecule has 15 heavy (non-hydrogen) atoms. The molecule has 0 radical (unpaired) electrons. The highest BCUT2D eigenvalue weighted by molar-refractivity contribution is 5.33. The molecule has 0 bridgehead atoms. The Morgan fingerprint density at radius 1 is 1.47 bits per heavy atom. The van der Waals surface area contributed by atoms with E-state index in [-0.39, 0.29) is 6.04 Å². The lowest BCUT2D eigenvalue weighted by molar-refractivity contribution is 0.292. The number of nitriles is 1. The van der Waals surface area contributed by atoms with Crippen LogP contribution in [0.5, 0.6) is 5.75 Å². The van der Waals surface area contributed by atoms with Crippen LogP contribution in [0.1, 0.15) is 12.5 Å². The van der Waals surface area contributed by atoms with Crippen LogP contribution >= 0.6 is 0 Å². The van der Waals surface area contributed by atoms with Crippen LogP contribution in [0.2, 0.25) is 0 Å². The van der Waals surface area contributed by atoms with Crippen LogP contribution in [0.25, 0.3) is 0 Å². The third kappa shape index (κ3) is 3.26. The number of ether oxygens (including phenoxy) is 1. The molecule has 0 aromatic heterocycles. The first-order valence-corrected chi connectivity index (χ1v) is 5.09. The quantitative estimate of drug-likeness (QED) is 0.794. The number of nitrogens with one attached hydrogen (secondary N) is 1. The van der Waals surface area contributed by atoms with Crippen molar-refractivity contribution in [1.29, 1.82) is 5.26 Å². The summed E-state index contributed by atoms with van der Waals surface area (Å²) < 4.78 is 5.59. The van der Waals surface area contributed by atoms with Gasteiger partial charge in [-0.15, -0.1) is 0 Å². The molecule has 0 aliphatic carbocycles. The predicted molar refractivity (Wildman–Crippen MR) is 59.8 cm³/mol. The van der Waals surface area contributed by atoms with Gasteiger partial charge in [0.25, 0.3) is 0 Å². The molecule has 3 heteroatoms. The van der Waals surface area contributed by atoms with Crippen LogP contribution < -0.4 is 10.1 Å². The molecule has 0 aliphatic rings. The minimum absolute atomic E-state index is 0.255. The molecule has 3 nitrogen and oxygen atoms in total. The van der Waals surface area contributed by atoms with E-state index in [2.05, 4.69) is 18.3 Å². The van der Waals surface area contributed by atoms with Gasteiger partial charge in [0.05, 0.1) is 6.07 Å². The number of para-hydroxylation sites is 1. The van der Waals surface area contributed by atoms with Crippen molar-refractivity contribution in [3.8, 4) is 11.8 Å². The number of nitrogens with zero attached hydrogens (tertiary/aromatic N) is 1. The van der Waals surface area contributed by atoms with E-state index in [1.807, 2.05) is 24.3 Å². The summed E-state index contributed by atoms with van der Waals surface area (Å²) in [4.78, 5) is 0. The minimum atomic E-state index is -0.255. The number of aryl methyl sites for hydroxylation is 1. The van der Waals surface area contributed by atoms with Crippen molar-refractivity contribution in [2.24, 2.45) is 0 Å². The van der Waals surface area contributed by atoms with Gasteiger partial charge >= 0.3 is 0 Å². The fourth-order valence-corrected chi connectivity index (χ4v) is 1.29. The third-order valence-electron chi connectivity index (χ3n) is 2.26. The summed E-state index contributed by atoms with van der Waals surface area (Å²) >= 11 is 0. The molecular weight excluding hydrogens is 188 g/mol. The number of hydrogen-bond donors (Lipinski definition) is 1. The summed E-state index contributed by atoms with van der Waals surface area (Å²) in [6.07, 6.45) is 0.937. The molecule has 0 aliphatic heterocycles. The second-order valence-electron chi connectivity index (χ2n) is 3.24. The Morgan fingerprint density at radius 2 is 2.20 bits per heavy atom. The van der Waals surface area contributed by atoms with Gasteiger partial charge < -0.3 is 10.1 Å². The Morgan fingerprint density at radius 3 is 2.80 bits per heavy atom. The van der Waals surface area contributed by atoms with Crippen molar-refractivity contribution in [2.75, 3.05) is 13.7 Å². The third-order valence-corrected chi connectivity index (χ3v) is 2.26. The van der Waals surface area contributed by atoms with Crippen LogP contribution in [0.15, 0.2) is 24.3 Å². The maximum absolute atomic E-state index is 8.74. The fraction of sp³-hybridized carbons (Fsp3) is 0.417. The number of hydrogen-bond acceptors (Lipinski definition) is 3. The topological polar surface area (TPSA) is 45.0 Å².